The van der Waals surface area contributed by atoms with E-state index in [1.165, 1.54) is 11.1 Å². The van der Waals surface area contributed by atoms with Gasteiger partial charge in [-0.25, -0.2) is 0 Å². The van der Waals surface area contributed by atoms with Gasteiger partial charge < -0.3 is 5.11 Å². The SMILES string of the molecule is [3H]C(O)C1(C2(C)CCCC2=C)CC=C(C)CC1. The Labute approximate surface area is 101 Å². The molecule has 0 amide bonds. The number of allylic oxidation sites excluding steroid dienone is 3. The normalized spacial score (nSPS) is 42.8. The van der Waals surface area contributed by atoms with Crippen molar-refractivity contribution in [3.8, 4) is 0 Å². The van der Waals surface area contributed by atoms with Crippen molar-refractivity contribution in [1.29, 1.82) is 0 Å². The van der Waals surface area contributed by atoms with Gasteiger partial charge in [0.2, 0.25) is 0 Å². The van der Waals surface area contributed by atoms with Gasteiger partial charge in [0, 0.05) is 12.0 Å². The molecule has 0 spiro atoms. The molecule has 0 radical (unpaired) electrons. The lowest BCUT2D eigenvalue weighted by Gasteiger charge is -2.48. The fourth-order valence-electron chi connectivity index (χ4n) is 3.45. The van der Waals surface area contributed by atoms with E-state index >= 15 is 0 Å². The minimum atomic E-state index is -0.994. The third-order valence-corrected chi connectivity index (χ3v) is 5.06. The quantitative estimate of drug-likeness (QED) is 0.704. The van der Waals surface area contributed by atoms with E-state index in [9.17, 15) is 5.11 Å². The zero-order chi connectivity index (χ0) is 12.7. The van der Waals surface area contributed by atoms with Crippen LogP contribution in [0, 0.1) is 10.8 Å². The van der Waals surface area contributed by atoms with Gasteiger partial charge in [0.25, 0.3) is 0 Å². The van der Waals surface area contributed by atoms with Gasteiger partial charge >= 0.3 is 0 Å². The number of aliphatic hydroxyl groups is 1. The van der Waals surface area contributed by atoms with Crippen LogP contribution in [0.3, 0.4) is 0 Å². The summed E-state index contributed by atoms with van der Waals surface area (Å²) >= 11 is 0. The summed E-state index contributed by atoms with van der Waals surface area (Å²) in [4.78, 5) is 0. The largest absolute Gasteiger partial charge is 0.396 e. The van der Waals surface area contributed by atoms with Gasteiger partial charge in [-0.15, -0.1) is 0 Å². The molecule has 16 heavy (non-hydrogen) atoms. The van der Waals surface area contributed by atoms with Gasteiger partial charge in [-0.05, 0) is 50.9 Å². The molecular formula is C15H24O. The average molecular weight is 222 g/mol. The Kier molecular flexibility index (Phi) is 2.67. The molecule has 0 aromatic heterocycles. The smallest absolute Gasteiger partial charge is 0.0570 e. The van der Waals surface area contributed by atoms with Gasteiger partial charge in [-0.3, -0.25) is 0 Å². The molecule has 1 fully saturated rings. The first kappa shape index (κ1) is 10.6. The molecule has 90 valence electrons. The molecule has 1 nitrogen and oxygen atoms in total. The van der Waals surface area contributed by atoms with Crippen molar-refractivity contribution in [2.45, 2.75) is 52.4 Å². The molecule has 3 atom stereocenters. The molecule has 3 unspecified atom stereocenters. The van der Waals surface area contributed by atoms with Crippen LogP contribution in [0.4, 0.5) is 0 Å². The number of hydrogen-bond acceptors (Lipinski definition) is 1. The van der Waals surface area contributed by atoms with Crippen molar-refractivity contribution in [2.75, 3.05) is 6.58 Å². The van der Waals surface area contributed by atoms with Gasteiger partial charge in [-0.1, -0.05) is 30.7 Å². The lowest BCUT2D eigenvalue weighted by molar-refractivity contribution is 0.00917. The maximum atomic E-state index is 10.1. The molecule has 1 saturated carbocycles. The van der Waals surface area contributed by atoms with Gasteiger partial charge in [-0.2, -0.15) is 0 Å². The molecular weight excluding hydrogens is 196 g/mol. The monoisotopic (exact) mass is 222 g/mol. The van der Waals surface area contributed by atoms with Crippen LogP contribution in [0.5, 0.6) is 0 Å². The molecule has 2 rings (SSSR count). The third kappa shape index (κ3) is 1.57. The minimum Gasteiger partial charge on any atom is -0.396 e. The summed E-state index contributed by atoms with van der Waals surface area (Å²) in [6.07, 6.45) is 8.29. The summed E-state index contributed by atoms with van der Waals surface area (Å²) in [5.41, 5.74) is 2.29. The Bertz CT molecular complexity index is 358. The second-order valence-corrected chi connectivity index (χ2v) is 5.83. The second kappa shape index (κ2) is 4.03. The zero-order valence-corrected chi connectivity index (χ0v) is 10.6. The van der Waals surface area contributed by atoms with Crippen LogP contribution < -0.4 is 0 Å². The minimum absolute atomic E-state index is 0.0502. The average Bonchev–Trinajstić information content (AvgIpc) is 2.61. The second-order valence-electron chi connectivity index (χ2n) is 5.83. The summed E-state index contributed by atoms with van der Waals surface area (Å²) in [5, 5.41) is 10.1. The van der Waals surface area contributed by atoms with Crippen LogP contribution in [-0.2, 0) is 0 Å². The van der Waals surface area contributed by atoms with Crippen molar-refractivity contribution < 1.29 is 6.48 Å². The van der Waals surface area contributed by atoms with Crippen LogP contribution in [0.1, 0.15) is 53.7 Å². The fraction of sp³-hybridized carbons (Fsp3) is 0.733. The first-order valence-corrected chi connectivity index (χ1v) is 6.37. The first-order chi connectivity index (χ1) is 7.92. The predicted octanol–water partition coefficient (Wildman–Crippen LogP) is 3.84. The van der Waals surface area contributed by atoms with E-state index in [1.807, 2.05) is 0 Å². The Hall–Kier alpha value is -0.560. The number of hydrogen-bond donors (Lipinski definition) is 1. The van der Waals surface area contributed by atoms with E-state index in [2.05, 4.69) is 26.5 Å². The molecule has 2 aliphatic carbocycles. The Morgan fingerprint density at radius 1 is 1.50 bits per heavy atom. The number of aliphatic hydroxyl groups excluding tert-OH is 1. The summed E-state index contributed by atoms with van der Waals surface area (Å²) < 4.78 is 7.95. The van der Waals surface area contributed by atoms with Gasteiger partial charge in [0.1, 0.15) is 0 Å². The molecule has 1 heteroatoms. The lowest BCUT2D eigenvalue weighted by atomic mass is 9.56. The number of rotatable bonds is 2. The Balaban J connectivity index is 2.39. The van der Waals surface area contributed by atoms with E-state index in [1.54, 1.807) is 0 Å². The van der Waals surface area contributed by atoms with Crippen LogP contribution in [0.2, 0.25) is 0 Å². The Morgan fingerprint density at radius 2 is 2.25 bits per heavy atom. The van der Waals surface area contributed by atoms with Crippen molar-refractivity contribution in [1.82, 2.24) is 0 Å². The lowest BCUT2D eigenvalue weighted by Crippen LogP contribution is -2.43. The molecule has 0 aliphatic heterocycles. The van der Waals surface area contributed by atoms with Crippen molar-refractivity contribution >= 4 is 0 Å². The highest BCUT2D eigenvalue weighted by atomic mass is 16.3. The van der Waals surface area contributed by atoms with Gasteiger partial charge in [0.15, 0.2) is 0 Å². The van der Waals surface area contributed by atoms with Crippen LogP contribution >= 0.6 is 0 Å². The molecule has 0 heterocycles. The standard InChI is InChI=1S/C15H24O/c1-12-6-9-15(11-16,10-7-12)14(3)8-4-5-13(14)2/h6,16H,2,4-5,7-11H2,1,3H3/i11T. The molecule has 0 aromatic carbocycles. The van der Waals surface area contributed by atoms with Crippen molar-refractivity contribution in [2.24, 2.45) is 10.8 Å². The molecule has 0 bridgehead atoms. The summed E-state index contributed by atoms with van der Waals surface area (Å²) in [6.45, 7) is 7.58. The van der Waals surface area contributed by atoms with E-state index in [0.717, 1.165) is 38.5 Å². The van der Waals surface area contributed by atoms with Crippen LogP contribution in [0.15, 0.2) is 23.8 Å². The maximum Gasteiger partial charge on any atom is 0.0570 e. The maximum absolute atomic E-state index is 10.1. The van der Waals surface area contributed by atoms with Crippen molar-refractivity contribution in [3.05, 3.63) is 23.8 Å². The predicted molar refractivity (Wildman–Crippen MR) is 68.2 cm³/mol. The molecule has 0 saturated heterocycles. The highest BCUT2D eigenvalue weighted by molar-refractivity contribution is 5.23. The van der Waals surface area contributed by atoms with E-state index < -0.39 is 6.58 Å². The van der Waals surface area contributed by atoms with E-state index in [-0.39, 0.29) is 10.8 Å². The summed E-state index contributed by atoms with van der Waals surface area (Å²) in [7, 11) is 0. The van der Waals surface area contributed by atoms with Gasteiger partial charge in [0.05, 0.1) is 1.37 Å². The summed E-state index contributed by atoms with van der Waals surface area (Å²) in [5.74, 6) is 0. The van der Waals surface area contributed by atoms with Crippen LogP contribution in [-0.4, -0.2) is 11.7 Å². The zero-order valence-electron chi connectivity index (χ0n) is 11.6. The molecule has 2 aliphatic rings. The first-order valence-electron chi connectivity index (χ1n) is 6.94. The highest BCUT2D eigenvalue weighted by Gasteiger charge is 2.50. The highest BCUT2D eigenvalue weighted by Crippen LogP contribution is 2.58. The van der Waals surface area contributed by atoms with Crippen LogP contribution in [0.25, 0.3) is 0 Å². The van der Waals surface area contributed by atoms with E-state index in [4.69, 9.17) is 1.37 Å². The third-order valence-electron chi connectivity index (χ3n) is 5.06. The fourth-order valence-corrected chi connectivity index (χ4v) is 3.45. The molecule has 0 aromatic rings. The van der Waals surface area contributed by atoms with Crippen molar-refractivity contribution in [3.63, 3.8) is 0 Å². The topological polar surface area (TPSA) is 20.2 Å². The summed E-state index contributed by atoms with van der Waals surface area (Å²) in [6, 6.07) is 0. The molecule has 1 N–H and O–H groups in total. The van der Waals surface area contributed by atoms with E-state index in [0.29, 0.717) is 0 Å². The Morgan fingerprint density at radius 3 is 2.69 bits per heavy atom.